The van der Waals surface area contributed by atoms with Gasteiger partial charge >= 0.3 is 6.01 Å². The molecular weight excluding hydrogens is 288 g/mol. The summed E-state index contributed by atoms with van der Waals surface area (Å²) in [6.45, 7) is 0.222. The van der Waals surface area contributed by atoms with E-state index in [1.54, 1.807) is 12.4 Å². The molecule has 2 aromatic heterocycles. The molecule has 1 aliphatic rings. The second-order valence-corrected chi connectivity index (χ2v) is 4.45. The number of rotatable bonds is 3. The minimum absolute atomic E-state index is 0.222. The molecule has 8 heteroatoms. The number of aromatic nitrogens is 4. The summed E-state index contributed by atoms with van der Waals surface area (Å²) in [4.78, 5) is 12.3. The molecule has 1 aromatic carbocycles. The van der Waals surface area contributed by atoms with Gasteiger partial charge in [0.25, 0.3) is 5.89 Å². The van der Waals surface area contributed by atoms with Gasteiger partial charge in [-0.25, -0.2) is 9.97 Å². The first kappa shape index (κ1) is 12.6. The lowest BCUT2D eigenvalue weighted by atomic mass is 10.2. The van der Waals surface area contributed by atoms with E-state index in [1.165, 1.54) is 7.11 Å². The molecule has 0 unspecified atom stereocenters. The molecule has 0 bridgehead atoms. The summed E-state index contributed by atoms with van der Waals surface area (Å²) < 4.78 is 20.8. The molecule has 0 amide bonds. The van der Waals surface area contributed by atoms with Crippen LogP contribution < -0.4 is 14.2 Å². The van der Waals surface area contributed by atoms with E-state index >= 15 is 0 Å². The third kappa shape index (κ3) is 2.10. The SMILES string of the molecule is COc1ncc(-c2nc(-c3ccc4c(c3)OCO4)no2)cn1. The highest BCUT2D eigenvalue weighted by atomic mass is 16.7. The number of fused-ring (bicyclic) bond motifs is 1. The molecule has 0 spiro atoms. The summed E-state index contributed by atoms with van der Waals surface area (Å²) in [5, 5.41) is 3.96. The van der Waals surface area contributed by atoms with Crippen LogP contribution in [0.1, 0.15) is 0 Å². The van der Waals surface area contributed by atoms with Crippen molar-refractivity contribution in [1.82, 2.24) is 20.1 Å². The fourth-order valence-electron chi connectivity index (χ4n) is 2.03. The first-order chi connectivity index (χ1) is 10.8. The Balaban J connectivity index is 1.65. The molecule has 0 aliphatic carbocycles. The number of hydrogen-bond acceptors (Lipinski definition) is 8. The Labute approximate surface area is 124 Å². The maximum Gasteiger partial charge on any atom is 0.316 e. The van der Waals surface area contributed by atoms with Gasteiger partial charge in [0.2, 0.25) is 12.6 Å². The van der Waals surface area contributed by atoms with E-state index in [2.05, 4.69) is 20.1 Å². The van der Waals surface area contributed by atoms with Crippen LogP contribution in [0.2, 0.25) is 0 Å². The minimum atomic E-state index is 0.222. The van der Waals surface area contributed by atoms with Gasteiger partial charge in [-0.05, 0) is 18.2 Å². The molecule has 110 valence electrons. The normalized spacial score (nSPS) is 12.4. The number of methoxy groups -OCH3 is 1. The monoisotopic (exact) mass is 298 g/mol. The second kappa shape index (κ2) is 4.99. The molecule has 22 heavy (non-hydrogen) atoms. The van der Waals surface area contributed by atoms with Crippen LogP contribution >= 0.6 is 0 Å². The quantitative estimate of drug-likeness (QED) is 0.724. The first-order valence-corrected chi connectivity index (χ1v) is 6.43. The van der Waals surface area contributed by atoms with Gasteiger partial charge in [-0.3, -0.25) is 0 Å². The predicted octanol–water partition coefficient (Wildman–Crippen LogP) is 1.93. The third-order valence-electron chi connectivity index (χ3n) is 3.11. The van der Waals surface area contributed by atoms with Crippen molar-refractivity contribution >= 4 is 0 Å². The molecule has 3 aromatic rings. The van der Waals surface area contributed by atoms with Crippen molar-refractivity contribution < 1.29 is 18.7 Å². The van der Waals surface area contributed by atoms with Gasteiger partial charge in [0.15, 0.2) is 11.5 Å². The standard InChI is InChI=1S/C14H10N4O4/c1-19-14-15-5-9(6-16-14)13-17-12(18-22-13)8-2-3-10-11(4-8)21-7-20-10/h2-6H,7H2,1H3. The Morgan fingerprint density at radius 2 is 1.86 bits per heavy atom. The molecule has 4 rings (SSSR count). The van der Waals surface area contributed by atoms with Crippen LogP contribution in [0.25, 0.3) is 22.8 Å². The lowest BCUT2D eigenvalue weighted by Gasteiger charge is -1.98. The van der Waals surface area contributed by atoms with Gasteiger partial charge in [-0.2, -0.15) is 4.98 Å². The lowest BCUT2D eigenvalue weighted by Crippen LogP contribution is -1.92. The van der Waals surface area contributed by atoms with Gasteiger partial charge in [0.05, 0.1) is 12.7 Å². The van der Waals surface area contributed by atoms with E-state index in [0.29, 0.717) is 28.8 Å². The van der Waals surface area contributed by atoms with Crippen molar-refractivity contribution in [3.63, 3.8) is 0 Å². The van der Waals surface area contributed by atoms with Crippen molar-refractivity contribution in [3.05, 3.63) is 30.6 Å². The molecule has 0 N–H and O–H groups in total. The van der Waals surface area contributed by atoms with E-state index in [9.17, 15) is 0 Å². The fraction of sp³-hybridized carbons (Fsp3) is 0.143. The molecule has 3 heterocycles. The van der Waals surface area contributed by atoms with Crippen LogP contribution in [0.5, 0.6) is 17.5 Å². The predicted molar refractivity (Wildman–Crippen MR) is 73.4 cm³/mol. The van der Waals surface area contributed by atoms with E-state index in [0.717, 1.165) is 5.56 Å². The third-order valence-corrected chi connectivity index (χ3v) is 3.11. The van der Waals surface area contributed by atoms with Crippen LogP contribution in [-0.2, 0) is 0 Å². The first-order valence-electron chi connectivity index (χ1n) is 6.43. The summed E-state index contributed by atoms with van der Waals surface area (Å²) in [7, 11) is 1.50. The highest BCUT2D eigenvalue weighted by Crippen LogP contribution is 2.35. The second-order valence-electron chi connectivity index (χ2n) is 4.45. The highest BCUT2D eigenvalue weighted by Gasteiger charge is 2.17. The highest BCUT2D eigenvalue weighted by molar-refractivity contribution is 5.63. The number of nitrogens with zero attached hydrogens (tertiary/aromatic N) is 4. The molecule has 0 fully saturated rings. The van der Waals surface area contributed by atoms with Crippen LogP contribution in [-0.4, -0.2) is 34.0 Å². The van der Waals surface area contributed by atoms with Gasteiger partial charge in [0.1, 0.15) is 0 Å². The topological polar surface area (TPSA) is 92.4 Å². The van der Waals surface area contributed by atoms with E-state index in [-0.39, 0.29) is 12.8 Å². The number of ether oxygens (including phenoxy) is 3. The smallest absolute Gasteiger partial charge is 0.316 e. The molecule has 0 atom stereocenters. The Bertz CT molecular complexity index is 816. The molecule has 0 saturated carbocycles. The summed E-state index contributed by atoms with van der Waals surface area (Å²) in [6, 6.07) is 5.73. The van der Waals surface area contributed by atoms with Crippen LogP contribution in [0, 0.1) is 0 Å². The van der Waals surface area contributed by atoms with Gasteiger partial charge in [-0.1, -0.05) is 5.16 Å². The number of hydrogen-bond donors (Lipinski definition) is 0. The van der Waals surface area contributed by atoms with Gasteiger partial charge < -0.3 is 18.7 Å². The Hall–Kier alpha value is -3.16. The van der Waals surface area contributed by atoms with Crippen molar-refractivity contribution in [2.45, 2.75) is 0 Å². The molecule has 0 saturated heterocycles. The van der Waals surface area contributed by atoms with Crippen LogP contribution in [0.3, 0.4) is 0 Å². The lowest BCUT2D eigenvalue weighted by molar-refractivity contribution is 0.174. The molecule has 8 nitrogen and oxygen atoms in total. The molecule has 0 radical (unpaired) electrons. The van der Waals surface area contributed by atoms with Crippen molar-refractivity contribution in [2.24, 2.45) is 0 Å². The average Bonchev–Trinajstić information content (AvgIpc) is 3.23. The van der Waals surface area contributed by atoms with Crippen molar-refractivity contribution in [2.75, 3.05) is 13.9 Å². The maximum absolute atomic E-state index is 5.34. The van der Waals surface area contributed by atoms with E-state index < -0.39 is 0 Å². The minimum Gasteiger partial charge on any atom is -0.467 e. The summed E-state index contributed by atoms with van der Waals surface area (Å²) in [5.74, 6) is 2.15. The average molecular weight is 298 g/mol. The summed E-state index contributed by atoms with van der Waals surface area (Å²) in [6.07, 6.45) is 3.12. The summed E-state index contributed by atoms with van der Waals surface area (Å²) >= 11 is 0. The Morgan fingerprint density at radius 1 is 1.05 bits per heavy atom. The molecular formula is C14H10N4O4. The Kier molecular flexibility index (Phi) is 2.85. The number of benzene rings is 1. The van der Waals surface area contributed by atoms with Gasteiger partial charge in [0, 0.05) is 18.0 Å². The zero-order valence-corrected chi connectivity index (χ0v) is 11.5. The van der Waals surface area contributed by atoms with Crippen molar-refractivity contribution in [1.29, 1.82) is 0 Å². The van der Waals surface area contributed by atoms with Crippen LogP contribution in [0.4, 0.5) is 0 Å². The van der Waals surface area contributed by atoms with Crippen molar-refractivity contribution in [3.8, 4) is 40.4 Å². The van der Waals surface area contributed by atoms with E-state index in [1.807, 2.05) is 18.2 Å². The molecule has 1 aliphatic heterocycles. The van der Waals surface area contributed by atoms with E-state index in [4.69, 9.17) is 18.7 Å². The Morgan fingerprint density at radius 3 is 2.68 bits per heavy atom. The maximum atomic E-state index is 5.34. The largest absolute Gasteiger partial charge is 0.467 e. The fourth-order valence-corrected chi connectivity index (χ4v) is 2.03. The summed E-state index contributed by atoms with van der Waals surface area (Å²) in [5.41, 5.74) is 1.38. The van der Waals surface area contributed by atoms with Crippen LogP contribution in [0.15, 0.2) is 35.1 Å². The zero-order chi connectivity index (χ0) is 14.9. The van der Waals surface area contributed by atoms with Gasteiger partial charge in [-0.15, -0.1) is 0 Å². The zero-order valence-electron chi connectivity index (χ0n) is 11.5.